The van der Waals surface area contributed by atoms with Gasteiger partial charge in [-0.2, -0.15) is 0 Å². The van der Waals surface area contributed by atoms with E-state index in [-0.39, 0.29) is 17.6 Å². The van der Waals surface area contributed by atoms with Crippen LogP contribution in [0, 0.1) is 0 Å². The van der Waals surface area contributed by atoms with Gasteiger partial charge in [-0.15, -0.1) is 0 Å². The Bertz CT molecular complexity index is 838. The molecule has 4 nitrogen and oxygen atoms in total. The van der Waals surface area contributed by atoms with Crippen molar-refractivity contribution in [2.24, 2.45) is 0 Å². The molecule has 3 N–H and O–H groups in total. The first-order chi connectivity index (χ1) is 13.7. The van der Waals surface area contributed by atoms with Crippen molar-refractivity contribution in [1.82, 2.24) is 10.2 Å². The largest absolute Gasteiger partial charge is 0.508 e. The molecule has 0 radical (unpaired) electrons. The number of phenols is 1. The van der Waals surface area contributed by atoms with Crippen LogP contribution in [0.4, 0.5) is 0 Å². The first-order valence-electron chi connectivity index (χ1n) is 10.7. The molecule has 2 aromatic rings. The third-order valence-corrected chi connectivity index (χ3v) is 7.44. The predicted molar refractivity (Wildman–Crippen MR) is 111 cm³/mol. The molecule has 0 saturated carbocycles. The molecule has 0 bridgehead atoms. The van der Waals surface area contributed by atoms with E-state index in [9.17, 15) is 10.2 Å². The number of aliphatic hydroxyl groups is 1. The molecule has 2 aliphatic heterocycles. The Hall–Kier alpha value is -1.88. The molecule has 0 amide bonds. The summed E-state index contributed by atoms with van der Waals surface area (Å²) in [7, 11) is 0. The van der Waals surface area contributed by atoms with Gasteiger partial charge in [0, 0.05) is 5.41 Å². The van der Waals surface area contributed by atoms with Gasteiger partial charge in [0.25, 0.3) is 0 Å². The zero-order valence-electron chi connectivity index (χ0n) is 16.3. The molecule has 5 rings (SSSR count). The van der Waals surface area contributed by atoms with Gasteiger partial charge in [-0.05, 0) is 86.6 Å². The summed E-state index contributed by atoms with van der Waals surface area (Å²) < 4.78 is 0. The second-order valence-electron chi connectivity index (χ2n) is 8.79. The third kappa shape index (κ3) is 2.86. The van der Waals surface area contributed by atoms with Crippen molar-refractivity contribution >= 4 is 0 Å². The Balaban J connectivity index is 1.38. The predicted octanol–water partition coefficient (Wildman–Crippen LogP) is 3.31. The van der Waals surface area contributed by atoms with Crippen LogP contribution in [-0.4, -0.2) is 47.4 Å². The van der Waals surface area contributed by atoms with Crippen molar-refractivity contribution in [2.75, 3.05) is 26.2 Å². The monoisotopic (exact) mass is 378 g/mol. The van der Waals surface area contributed by atoms with Crippen LogP contribution in [0.1, 0.15) is 54.3 Å². The lowest BCUT2D eigenvalue weighted by Crippen LogP contribution is -2.49. The van der Waals surface area contributed by atoms with Crippen molar-refractivity contribution in [3.8, 4) is 5.75 Å². The zero-order valence-corrected chi connectivity index (χ0v) is 16.3. The van der Waals surface area contributed by atoms with Crippen LogP contribution >= 0.6 is 0 Å². The van der Waals surface area contributed by atoms with Crippen LogP contribution in [0.5, 0.6) is 5.75 Å². The number of benzene rings is 2. The molecule has 2 saturated heterocycles. The maximum absolute atomic E-state index is 11.6. The average molecular weight is 379 g/mol. The highest BCUT2D eigenvalue weighted by Gasteiger charge is 2.53. The van der Waals surface area contributed by atoms with E-state index in [2.05, 4.69) is 40.5 Å². The van der Waals surface area contributed by atoms with E-state index in [0.717, 1.165) is 51.9 Å². The Labute approximate surface area is 167 Å². The summed E-state index contributed by atoms with van der Waals surface area (Å²) in [5, 5.41) is 24.8. The van der Waals surface area contributed by atoms with E-state index < -0.39 is 0 Å². The standard InChI is InChI=1S/C24H30N2O2/c27-19-5-3-4-18(16-19)17-8-14-26(15-9-17)22-20-6-1-2-7-21(20)24(23(22)28)10-12-25-13-11-24/h1-7,16-17,22-23,25,27-28H,8-15H2/t22-,23+/m1/s1. The minimum absolute atomic E-state index is 0.0887. The molecule has 148 valence electrons. The van der Waals surface area contributed by atoms with Crippen LogP contribution < -0.4 is 5.32 Å². The van der Waals surface area contributed by atoms with Gasteiger partial charge >= 0.3 is 0 Å². The Morgan fingerprint density at radius 1 is 0.964 bits per heavy atom. The van der Waals surface area contributed by atoms with Crippen molar-refractivity contribution in [2.45, 2.75) is 49.2 Å². The summed E-state index contributed by atoms with van der Waals surface area (Å²) in [5.41, 5.74) is 3.87. The van der Waals surface area contributed by atoms with Crippen molar-refractivity contribution < 1.29 is 10.2 Å². The number of hydrogen-bond donors (Lipinski definition) is 3. The number of aromatic hydroxyl groups is 1. The average Bonchev–Trinajstić information content (AvgIpc) is 2.97. The van der Waals surface area contributed by atoms with Gasteiger partial charge < -0.3 is 15.5 Å². The van der Waals surface area contributed by atoms with Crippen LogP contribution in [-0.2, 0) is 5.41 Å². The van der Waals surface area contributed by atoms with Crippen molar-refractivity contribution in [1.29, 1.82) is 0 Å². The summed E-state index contributed by atoms with van der Waals surface area (Å²) in [6.07, 6.45) is 3.85. The quantitative estimate of drug-likeness (QED) is 0.750. The van der Waals surface area contributed by atoms with Gasteiger partial charge in [0.1, 0.15) is 5.75 Å². The van der Waals surface area contributed by atoms with Crippen LogP contribution in [0.25, 0.3) is 0 Å². The van der Waals surface area contributed by atoms with E-state index in [1.807, 2.05) is 12.1 Å². The number of phenolic OH excluding ortho intramolecular Hbond substituents is 1. The fraction of sp³-hybridized carbons (Fsp3) is 0.500. The van der Waals surface area contributed by atoms with Gasteiger partial charge in [-0.25, -0.2) is 0 Å². The SMILES string of the molecule is Oc1cccc(C2CCN([C@@H]3c4ccccc4C4(CCNCC4)[C@H]3O)CC2)c1. The van der Waals surface area contributed by atoms with Crippen molar-refractivity contribution in [3.05, 3.63) is 65.2 Å². The van der Waals surface area contributed by atoms with Gasteiger partial charge in [-0.3, -0.25) is 4.90 Å². The fourth-order valence-corrected chi connectivity index (χ4v) is 5.96. The minimum atomic E-state index is -0.329. The lowest BCUT2D eigenvalue weighted by Gasteiger charge is -2.42. The molecular weight excluding hydrogens is 348 g/mol. The van der Waals surface area contributed by atoms with E-state index in [4.69, 9.17) is 0 Å². The van der Waals surface area contributed by atoms with E-state index in [0.29, 0.717) is 11.7 Å². The second-order valence-corrected chi connectivity index (χ2v) is 8.79. The number of fused-ring (bicyclic) bond motifs is 2. The number of rotatable bonds is 2. The van der Waals surface area contributed by atoms with Crippen LogP contribution in [0.2, 0.25) is 0 Å². The van der Waals surface area contributed by atoms with Crippen LogP contribution in [0.15, 0.2) is 48.5 Å². The molecule has 2 heterocycles. The number of likely N-dealkylation sites (tertiary alicyclic amines) is 1. The first kappa shape index (κ1) is 18.2. The normalized spacial score (nSPS) is 27.8. The molecule has 0 aromatic heterocycles. The summed E-state index contributed by atoms with van der Waals surface area (Å²) >= 11 is 0. The first-order valence-corrected chi connectivity index (χ1v) is 10.7. The summed E-state index contributed by atoms with van der Waals surface area (Å²) in [4.78, 5) is 2.51. The molecule has 4 heteroatoms. The maximum Gasteiger partial charge on any atom is 0.115 e. The number of aliphatic hydroxyl groups excluding tert-OH is 1. The molecule has 3 aliphatic rings. The maximum atomic E-state index is 11.6. The molecule has 2 aromatic carbocycles. The molecule has 2 fully saturated rings. The van der Waals surface area contributed by atoms with Gasteiger partial charge in [0.15, 0.2) is 0 Å². The summed E-state index contributed by atoms with van der Waals surface area (Å²) in [6.45, 7) is 3.95. The molecule has 0 unspecified atom stereocenters. The van der Waals surface area contributed by atoms with Gasteiger partial charge in [0.05, 0.1) is 12.1 Å². The van der Waals surface area contributed by atoms with Crippen LogP contribution in [0.3, 0.4) is 0 Å². The number of piperidine rings is 2. The highest BCUT2D eigenvalue weighted by atomic mass is 16.3. The van der Waals surface area contributed by atoms with E-state index >= 15 is 0 Å². The highest BCUT2D eigenvalue weighted by Crippen LogP contribution is 2.52. The summed E-state index contributed by atoms with van der Waals surface area (Å²) in [6, 6.07) is 16.6. The van der Waals surface area contributed by atoms with Gasteiger partial charge in [0.2, 0.25) is 0 Å². The zero-order chi connectivity index (χ0) is 19.1. The number of nitrogens with one attached hydrogen (secondary N) is 1. The Kier molecular flexibility index (Phi) is 4.66. The fourth-order valence-electron chi connectivity index (χ4n) is 5.96. The molecule has 1 aliphatic carbocycles. The Morgan fingerprint density at radius 3 is 2.46 bits per heavy atom. The Morgan fingerprint density at radius 2 is 1.71 bits per heavy atom. The lowest BCUT2D eigenvalue weighted by molar-refractivity contribution is -0.00956. The molecule has 28 heavy (non-hydrogen) atoms. The third-order valence-electron chi connectivity index (χ3n) is 7.44. The molecule has 2 atom stereocenters. The minimum Gasteiger partial charge on any atom is -0.508 e. The topological polar surface area (TPSA) is 55.7 Å². The number of nitrogens with zero attached hydrogens (tertiary/aromatic N) is 1. The number of hydrogen-bond acceptors (Lipinski definition) is 4. The van der Waals surface area contributed by atoms with E-state index in [1.165, 1.54) is 16.7 Å². The van der Waals surface area contributed by atoms with Crippen molar-refractivity contribution in [3.63, 3.8) is 0 Å². The summed E-state index contributed by atoms with van der Waals surface area (Å²) in [5.74, 6) is 0.845. The molecular formula is C24H30N2O2. The highest BCUT2D eigenvalue weighted by molar-refractivity contribution is 5.45. The van der Waals surface area contributed by atoms with Gasteiger partial charge in [-0.1, -0.05) is 36.4 Å². The van der Waals surface area contributed by atoms with E-state index in [1.54, 1.807) is 6.07 Å². The second kappa shape index (κ2) is 7.18. The molecule has 1 spiro atoms. The lowest BCUT2D eigenvalue weighted by atomic mass is 9.72. The smallest absolute Gasteiger partial charge is 0.115 e.